The molecule has 2 aromatic carbocycles. The fraction of sp³-hybridized carbons (Fsp3) is 0.458. The van der Waals surface area contributed by atoms with E-state index < -0.39 is 5.60 Å². The van der Waals surface area contributed by atoms with Gasteiger partial charge in [0.15, 0.2) is 0 Å². The smallest absolute Gasteiger partial charge is 0.307 e. The number of hydrogen-bond acceptors (Lipinski definition) is 5. The Morgan fingerprint density at radius 3 is 2.41 bits per heavy atom. The number of morpholine rings is 1. The molecule has 8 heteroatoms. The first-order chi connectivity index (χ1) is 15.1. The van der Waals surface area contributed by atoms with E-state index in [1.807, 2.05) is 45.0 Å². The number of nitrogens with zero attached hydrogens (tertiary/aromatic N) is 1. The van der Waals surface area contributed by atoms with E-state index >= 15 is 0 Å². The number of ether oxygens (including phenoxy) is 3. The molecule has 0 radical (unpaired) electrons. The molecule has 1 saturated heterocycles. The van der Waals surface area contributed by atoms with Gasteiger partial charge in [0.05, 0.1) is 29.2 Å². The number of hydrogen-bond donors (Lipinski definition) is 0. The maximum atomic E-state index is 12.0. The second-order valence-corrected chi connectivity index (χ2v) is 9.95. The van der Waals surface area contributed by atoms with Crippen LogP contribution in [0.5, 0.6) is 5.75 Å². The number of carbonyl (C=O) groups is 1. The normalized spacial score (nSPS) is 17.2. The van der Waals surface area contributed by atoms with Gasteiger partial charge in [0.25, 0.3) is 0 Å². The molecule has 1 aliphatic rings. The van der Waals surface area contributed by atoms with Crippen molar-refractivity contribution in [1.82, 2.24) is 4.90 Å². The van der Waals surface area contributed by atoms with Crippen LogP contribution in [0, 0.1) is 0 Å². The molecule has 1 atom stereocenters. The van der Waals surface area contributed by atoms with Gasteiger partial charge in [0.2, 0.25) is 0 Å². The fourth-order valence-electron chi connectivity index (χ4n) is 3.39. The lowest BCUT2D eigenvalue weighted by Gasteiger charge is -2.33. The second kappa shape index (κ2) is 11.1. The van der Waals surface area contributed by atoms with Gasteiger partial charge >= 0.3 is 5.97 Å². The summed E-state index contributed by atoms with van der Waals surface area (Å²) in [5.41, 5.74) is 1.29. The molecule has 1 fully saturated rings. The van der Waals surface area contributed by atoms with E-state index in [2.05, 4.69) is 4.90 Å². The zero-order valence-corrected chi connectivity index (χ0v) is 20.8. The molecular formula is C24H28Cl3NO4. The monoisotopic (exact) mass is 499 g/mol. The van der Waals surface area contributed by atoms with Crippen molar-refractivity contribution in [2.24, 2.45) is 0 Å². The zero-order valence-electron chi connectivity index (χ0n) is 18.5. The summed E-state index contributed by atoms with van der Waals surface area (Å²) >= 11 is 18.4. The largest absolute Gasteiger partial charge is 0.489 e. The summed E-state index contributed by atoms with van der Waals surface area (Å²) in [6, 6.07) is 11.1. The molecule has 174 valence electrons. The van der Waals surface area contributed by atoms with Crippen molar-refractivity contribution in [2.45, 2.75) is 45.5 Å². The van der Waals surface area contributed by atoms with E-state index in [-0.39, 0.29) is 18.7 Å². The second-order valence-electron chi connectivity index (χ2n) is 8.70. The summed E-state index contributed by atoms with van der Waals surface area (Å²) in [5.74, 6) is 0.524. The van der Waals surface area contributed by atoms with Crippen LogP contribution in [0.15, 0.2) is 36.4 Å². The van der Waals surface area contributed by atoms with Gasteiger partial charge in [-0.3, -0.25) is 9.69 Å². The number of esters is 1. The highest BCUT2D eigenvalue weighted by atomic mass is 35.5. The van der Waals surface area contributed by atoms with Gasteiger partial charge in [-0.15, -0.1) is 0 Å². The van der Waals surface area contributed by atoms with Crippen LogP contribution in [0.2, 0.25) is 15.1 Å². The molecule has 0 bridgehead atoms. The van der Waals surface area contributed by atoms with Gasteiger partial charge in [-0.1, -0.05) is 46.9 Å². The minimum Gasteiger partial charge on any atom is -0.489 e. The van der Waals surface area contributed by atoms with E-state index in [1.165, 1.54) is 0 Å². The lowest BCUT2D eigenvalue weighted by atomic mass is 10.1. The number of halogens is 3. The molecule has 0 aliphatic carbocycles. The molecule has 0 aromatic heterocycles. The predicted molar refractivity (Wildman–Crippen MR) is 128 cm³/mol. The Bertz CT molecular complexity index is 905. The van der Waals surface area contributed by atoms with Crippen molar-refractivity contribution in [2.75, 3.05) is 26.2 Å². The summed E-state index contributed by atoms with van der Waals surface area (Å²) in [5, 5.41) is 1.43. The Hall–Kier alpha value is -1.50. The fourth-order valence-corrected chi connectivity index (χ4v) is 4.32. The maximum absolute atomic E-state index is 12.0. The Kier molecular flexibility index (Phi) is 8.70. The summed E-state index contributed by atoms with van der Waals surface area (Å²) < 4.78 is 17.2. The van der Waals surface area contributed by atoms with E-state index in [0.29, 0.717) is 46.0 Å². The van der Waals surface area contributed by atoms with Crippen molar-refractivity contribution >= 4 is 40.8 Å². The maximum Gasteiger partial charge on any atom is 0.307 e. The number of carbonyl (C=O) groups excluding carboxylic acids is 1. The van der Waals surface area contributed by atoms with Gasteiger partial charge in [-0.2, -0.15) is 0 Å². The van der Waals surface area contributed by atoms with Crippen LogP contribution >= 0.6 is 34.8 Å². The number of rotatable bonds is 7. The lowest BCUT2D eigenvalue weighted by molar-refractivity contribution is -0.155. The third-order valence-corrected chi connectivity index (χ3v) is 5.84. The SMILES string of the molecule is CC(C)(C)OC(=O)CCN1CCOC(c2ccc(OCc3c(Cl)cc(Cl)cc3Cl)cc2)C1. The first-order valence-electron chi connectivity index (χ1n) is 10.5. The van der Waals surface area contributed by atoms with Crippen LogP contribution in [0.3, 0.4) is 0 Å². The van der Waals surface area contributed by atoms with Crippen molar-refractivity contribution in [3.63, 3.8) is 0 Å². The Morgan fingerprint density at radius 1 is 1.12 bits per heavy atom. The molecule has 1 unspecified atom stereocenters. The van der Waals surface area contributed by atoms with Crippen molar-refractivity contribution in [3.05, 3.63) is 62.6 Å². The van der Waals surface area contributed by atoms with Crippen LogP contribution in [-0.4, -0.2) is 42.7 Å². The first kappa shape index (κ1) is 25.1. The molecule has 5 nitrogen and oxygen atoms in total. The first-order valence-corrected chi connectivity index (χ1v) is 11.7. The minimum atomic E-state index is -0.460. The molecule has 0 amide bonds. The average Bonchev–Trinajstić information content (AvgIpc) is 2.71. The lowest BCUT2D eigenvalue weighted by Crippen LogP contribution is -2.39. The molecule has 0 spiro atoms. The highest BCUT2D eigenvalue weighted by Gasteiger charge is 2.23. The Labute approximate surface area is 204 Å². The minimum absolute atomic E-state index is 0.0587. The summed E-state index contributed by atoms with van der Waals surface area (Å²) in [4.78, 5) is 14.2. The Balaban J connectivity index is 1.52. The summed E-state index contributed by atoms with van der Waals surface area (Å²) in [6.07, 6.45) is 0.309. The molecule has 1 heterocycles. The van der Waals surface area contributed by atoms with Crippen LogP contribution in [-0.2, 0) is 20.9 Å². The molecule has 1 aliphatic heterocycles. The molecule has 2 aromatic rings. The highest BCUT2D eigenvalue weighted by molar-refractivity contribution is 6.39. The predicted octanol–water partition coefficient (Wildman–Crippen LogP) is 6.33. The van der Waals surface area contributed by atoms with Gasteiger partial charge in [0, 0.05) is 30.2 Å². The van der Waals surface area contributed by atoms with Crippen LogP contribution in [0.1, 0.15) is 44.4 Å². The van der Waals surface area contributed by atoms with Gasteiger partial charge in [-0.05, 0) is 50.6 Å². The van der Waals surface area contributed by atoms with Gasteiger partial charge in [0.1, 0.15) is 18.0 Å². The average molecular weight is 501 g/mol. The summed E-state index contributed by atoms with van der Waals surface area (Å²) in [7, 11) is 0. The molecular weight excluding hydrogens is 473 g/mol. The molecule has 3 rings (SSSR count). The van der Waals surface area contributed by atoms with E-state index in [4.69, 9.17) is 49.0 Å². The number of benzene rings is 2. The third-order valence-electron chi connectivity index (χ3n) is 4.94. The zero-order chi connectivity index (χ0) is 23.3. The topological polar surface area (TPSA) is 48.0 Å². The van der Waals surface area contributed by atoms with Gasteiger partial charge < -0.3 is 14.2 Å². The van der Waals surface area contributed by atoms with Crippen LogP contribution in [0.25, 0.3) is 0 Å². The third kappa shape index (κ3) is 7.53. The molecule has 0 saturated carbocycles. The van der Waals surface area contributed by atoms with Gasteiger partial charge in [-0.25, -0.2) is 0 Å². The van der Waals surface area contributed by atoms with Crippen molar-refractivity contribution in [3.8, 4) is 5.75 Å². The van der Waals surface area contributed by atoms with E-state index in [0.717, 1.165) is 18.7 Å². The quantitative estimate of drug-likeness (QED) is 0.416. The standard InChI is InChI=1S/C24H28Cl3NO4/c1-24(2,3)32-23(29)8-9-28-10-11-30-22(14-28)16-4-6-18(7-5-16)31-15-19-20(26)12-17(25)13-21(19)27/h4-7,12-13,22H,8-11,14-15H2,1-3H3. The van der Waals surface area contributed by atoms with Crippen molar-refractivity contribution in [1.29, 1.82) is 0 Å². The Morgan fingerprint density at radius 2 is 1.78 bits per heavy atom. The summed E-state index contributed by atoms with van der Waals surface area (Å²) in [6.45, 7) is 8.66. The van der Waals surface area contributed by atoms with E-state index in [9.17, 15) is 4.79 Å². The molecule has 0 N–H and O–H groups in total. The van der Waals surface area contributed by atoms with Crippen LogP contribution < -0.4 is 4.74 Å². The van der Waals surface area contributed by atoms with E-state index in [1.54, 1.807) is 12.1 Å². The van der Waals surface area contributed by atoms with Crippen molar-refractivity contribution < 1.29 is 19.0 Å². The molecule has 32 heavy (non-hydrogen) atoms. The highest BCUT2D eigenvalue weighted by Crippen LogP contribution is 2.30. The van der Waals surface area contributed by atoms with Crippen LogP contribution in [0.4, 0.5) is 0 Å².